The zero-order valence-electron chi connectivity index (χ0n) is 13.7. The van der Waals surface area contributed by atoms with E-state index >= 15 is 0 Å². The molecule has 0 radical (unpaired) electrons. The Balaban J connectivity index is 1.68. The number of hydrogen-bond acceptors (Lipinski definition) is 6. The van der Waals surface area contributed by atoms with Crippen molar-refractivity contribution in [3.05, 3.63) is 65.3 Å². The first-order valence-corrected chi connectivity index (χ1v) is 9.01. The van der Waals surface area contributed by atoms with Crippen LogP contribution in [0.3, 0.4) is 0 Å². The molecule has 4 rings (SSSR count). The minimum absolute atomic E-state index is 0.146. The van der Waals surface area contributed by atoms with Gasteiger partial charge in [-0.15, -0.1) is 0 Å². The van der Waals surface area contributed by atoms with Crippen LogP contribution in [0.5, 0.6) is 5.75 Å². The molecule has 0 bridgehead atoms. The molecule has 0 saturated carbocycles. The van der Waals surface area contributed by atoms with Gasteiger partial charge in [-0.25, -0.2) is 0 Å². The summed E-state index contributed by atoms with van der Waals surface area (Å²) in [6.07, 6.45) is 5.13. The van der Waals surface area contributed by atoms with Gasteiger partial charge in [0.15, 0.2) is 4.32 Å². The van der Waals surface area contributed by atoms with E-state index < -0.39 is 0 Å². The highest BCUT2D eigenvalue weighted by Crippen LogP contribution is 2.37. The van der Waals surface area contributed by atoms with Crippen LogP contribution < -0.4 is 9.64 Å². The second-order valence-electron chi connectivity index (χ2n) is 5.52. The summed E-state index contributed by atoms with van der Waals surface area (Å²) in [5.41, 5.74) is 3.17. The van der Waals surface area contributed by atoms with Crippen LogP contribution in [0.4, 0.5) is 5.69 Å². The van der Waals surface area contributed by atoms with Crippen molar-refractivity contribution >= 4 is 57.0 Å². The van der Waals surface area contributed by atoms with Gasteiger partial charge in [-0.3, -0.25) is 19.7 Å². The number of benzene rings is 2. The summed E-state index contributed by atoms with van der Waals surface area (Å²) in [6.45, 7) is 0. The molecule has 1 aromatic heterocycles. The number of thioether (sulfide) groups is 1. The topological polar surface area (TPSA) is 55.3 Å². The number of thiocarbonyl (C=S) groups is 1. The lowest BCUT2D eigenvalue weighted by molar-refractivity contribution is -0.113. The minimum atomic E-state index is -0.146. The summed E-state index contributed by atoms with van der Waals surface area (Å²) in [6, 6.07) is 13.0. The van der Waals surface area contributed by atoms with Crippen molar-refractivity contribution in [2.45, 2.75) is 0 Å². The maximum atomic E-state index is 12.9. The fraction of sp³-hybridized carbons (Fsp3) is 0.0526. The van der Waals surface area contributed by atoms with Crippen molar-refractivity contribution in [3.8, 4) is 5.75 Å². The number of anilines is 1. The second kappa shape index (κ2) is 6.86. The molecule has 7 heteroatoms. The number of rotatable bonds is 3. The van der Waals surface area contributed by atoms with Gasteiger partial charge in [-0.2, -0.15) is 0 Å². The second-order valence-corrected chi connectivity index (χ2v) is 7.20. The third kappa shape index (κ3) is 3.07. The summed E-state index contributed by atoms with van der Waals surface area (Å²) in [5.74, 6) is 0.529. The highest BCUT2D eigenvalue weighted by molar-refractivity contribution is 8.27. The molecule has 0 unspecified atom stereocenters. The number of fused-ring (bicyclic) bond motifs is 1. The predicted molar refractivity (Wildman–Crippen MR) is 108 cm³/mol. The van der Waals surface area contributed by atoms with Gasteiger partial charge in [0.1, 0.15) is 5.75 Å². The van der Waals surface area contributed by atoms with Gasteiger partial charge < -0.3 is 4.74 Å². The monoisotopic (exact) mass is 379 g/mol. The first-order valence-electron chi connectivity index (χ1n) is 7.78. The minimum Gasteiger partial charge on any atom is -0.497 e. The zero-order valence-corrected chi connectivity index (χ0v) is 15.4. The maximum absolute atomic E-state index is 12.9. The van der Waals surface area contributed by atoms with E-state index in [1.54, 1.807) is 25.6 Å². The molecule has 2 aromatic carbocycles. The molecule has 5 nitrogen and oxygen atoms in total. The predicted octanol–water partition coefficient (Wildman–Crippen LogP) is 4.04. The number of amides is 1. The zero-order chi connectivity index (χ0) is 18.1. The summed E-state index contributed by atoms with van der Waals surface area (Å²) in [7, 11) is 1.59. The number of nitrogens with zero attached hydrogens (tertiary/aromatic N) is 3. The van der Waals surface area contributed by atoms with E-state index in [0.717, 1.165) is 16.6 Å². The number of carbonyl (C=O) groups excluding carboxylic acids is 1. The Bertz CT molecular complexity index is 1070. The molecule has 0 aliphatic carbocycles. The van der Waals surface area contributed by atoms with Gasteiger partial charge in [0.05, 0.1) is 28.7 Å². The molecule has 1 fully saturated rings. The van der Waals surface area contributed by atoms with Crippen LogP contribution >= 0.6 is 24.0 Å². The highest BCUT2D eigenvalue weighted by atomic mass is 32.2. The first kappa shape index (κ1) is 16.7. The van der Waals surface area contributed by atoms with E-state index in [2.05, 4.69) is 9.97 Å². The van der Waals surface area contributed by atoms with Gasteiger partial charge in [0, 0.05) is 18.5 Å². The van der Waals surface area contributed by atoms with Gasteiger partial charge in [0.2, 0.25) is 0 Å². The van der Waals surface area contributed by atoms with Crippen molar-refractivity contribution in [2.75, 3.05) is 12.0 Å². The first-order chi connectivity index (χ1) is 12.7. The van der Waals surface area contributed by atoms with Crippen LogP contribution in [0.1, 0.15) is 5.56 Å². The number of hydrogen-bond donors (Lipinski definition) is 0. The molecule has 2 heterocycles. The molecule has 1 aliphatic heterocycles. The van der Waals surface area contributed by atoms with Crippen LogP contribution in [0.15, 0.2) is 59.8 Å². The molecule has 1 amide bonds. The Kier molecular flexibility index (Phi) is 4.40. The third-order valence-corrected chi connectivity index (χ3v) is 5.20. The lowest BCUT2D eigenvalue weighted by Crippen LogP contribution is -2.27. The molecule has 3 aromatic rings. The average molecular weight is 379 g/mol. The fourth-order valence-corrected chi connectivity index (χ4v) is 3.96. The molecule has 26 heavy (non-hydrogen) atoms. The van der Waals surface area contributed by atoms with Crippen molar-refractivity contribution in [1.82, 2.24) is 9.97 Å². The molecule has 0 N–H and O–H groups in total. The number of carbonyl (C=O) groups is 1. The molecule has 1 saturated heterocycles. The lowest BCUT2D eigenvalue weighted by atomic mass is 10.1. The van der Waals surface area contributed by atoms with E-state index in [1.165, 1.54) is 16.7 Å². The molecular formula is C19H13N3O2S2. The molecule has 0 spiro atoms. The van der Waals surface area contributed by atoms with E-state index in [1.807, 2.05) is 42.5 Å². The number of aromatic nitrogens is 2. The van der Waals surface area contributed by atoms with Crippen LogP contribution in [-0.4, -0.2) is 27.3 Å². The third-order valence-electron chi connectivity index (χ3n) is 3.90. The smallest absolute Gasteiger partial charge is 0.270 e. The van der Waals surface area contributed by atoms with Gasteiger partial charge in [-0.1, -0.05) is 36.1 Å². The van der Waals surface area contributed by atoms with Gasteiger partial charge in [-0.05, 0) is 35.9 Å². The van der Waals surface area contributed by atoms with Crippen LogP contribution in [-0.2, 0) is 4.79 Å². The normalized spacial score (nSPS) is 15.9. The van der Waals surface area contributed by atoms with Crippen molar-refractivity contribution < 1.29 is 9.53 Å². The van der Waals surface area contributed by atoms with Crippen LogP contribution in [0.25, 0.3) is 17.1 Å². The quantitative estimate of drug-likeness (QED) is 0.506. The largest absolute Gasteiger partial charge is 0.497 e. The van der Waals surface area contributed by atoms with Crippen molar-refractivity contribution in [3.63, 3.8) is 0 Å². The Labute approximate surface area is 159 Å². The summed E-state index contributed by atoms with van der Waals surface area (Å²) in [4.78, 5) is 23.5. The summed E-state index contributed by atoms with van der Waals surface area (Å²) >= 11 is 6.70. The van der Waals surface area contributed by atoms with E-state index in [9.17, 15) is 4.79 Å². The number of methoxy groups -OCH3 is 1. The Morgan fingerprint density at radius 3 is 2.73 bits per heavy atom. The van der Waals surface area contributed by atoms with Crippen molar-refractivity contribution in [2.24, 2.45) is 0 Å². The molecule has 1 aliphatic rings. The summed E-state index contributed by atoms with van der Waals surface area (Å²) < 4.78 is 5.73. The van der Waals surface area contributed by atoms with Gasteiger partial charge in [0.25, 0.3) is 5.91 Å². The average Bonchev–Trinajstić information content (AvgIpc) is 2.95. The highest BCUT2D eigenvalue weighted by Gasteiger charge is 2.33. The Morgan fingerprint density at radius 1 is 1.12 bits per heavy atom. The SMILES string of the molecule is COc1cccc(N2C(=O)/C(=C/c3ccc4nccnc4c3)SC2=S)c1. The summed E-state index contributed by atoms with van der Waals surface area (Å²) in [5, 5.41) is 0. The fourth-order valence-electron chi connectivity index (χ4n) is 2.66. The Morgan fingerprint density at radius 2 is 1.92 bits per heavy atom. The van der Waals surface area contributed by atoms with Crippen LogP contribution in [0, 0.1) is 0 Å². The molecule has 128 valence electrons. The van der Waals surface area contributed by atoms with E-state index in [0.29, 0.717) is 20.7 Å². The Hall–Kier alpha value is -2.77. The maximum Gasteiger partial charge on any atom is 0.270 e. The van der Waals surface area contributed by atoms with Crippen molar-refractivity contribution in [1.29, 1.82) is 0 Å². The standard InChI is InChI=1S/C19H13N3O2S2/c1-24-14-4-2-3-13(11-14)22-18(23)17(26-19(22)25)10-12-5-6-15-16(9-12)21-8-7-20-15/h2-11H,1H3/b17-10-. The van der Waals surface area contributed by atoms with Gasteiger partial charge >= 0.3 is 0 Å². The number of ether oxygens (including phenoxy) is 1. The molecule has 0 atom stereocenters. The lowest BCUT2D eigenvalue weighted by Gasteiger charge is -2.15. The van der Waals surface area contributed by atoms with E-state index in [-0.39, 0.29) is 5.91 Å². The molecular weight excluding hydrogens is 366 g/mol. The van der Waals surface area contributed by atoms with E-state index in [4.69, 9.17) is 17.0 Å². The van der Waals surface area contributed by atoms with Crippen LogP contribution in [0.2, 0.25) is 0 Å².